The van der Waals surface area contributed by atoms with Crippen molar-refractivity contribution in [3.05, 3.63) is 41.3 Å². The lowest BCUT2D eigenvalue weighted by Crippen LogP contribution is -2.13. The zero-order valence-electron chi connectivity index (χ0n) is 8.80. The summed E-state index contributed by atoms with van der Waals surface area (Å²) in [5, 5.41) is 3.64. The van der Waals surface area contributed by atoms with E-state index in [4.69, 9.17) is 9.47 Å². The molecule has 0 radical (unpaired) electrons. The largest absolute Gasteiger partial charge is 0.458 e. The minimum Gasteiger partial charge on any atom is -0.458 e. The van der Waals surface area contributed by atoms with Gasteiger partial charge in [-0.2, -0.15) is 0 Å². The fourth-order valence-electron chi connectivity index (χ4n) is 1.59. The number of ether oxygens (including phenoxy) is 2. The van der Waals surface area contributed by atoms with Gasteiger partial charge in [0.2, 0.25) is 5.91 Å². The highest BCUT2D eigenvalue weighted by Gasteiger charge is 2.15. The van der Waals surface area contributed by atoms with Gasteiger partial charge in [0.25, 0.3) is 0 Å². The Labute approximate surface area is 102 Å². The molecule has 1 N–H and O–H groups in total. The van der Waals surface area contributed by atoms with Gasteiger partial charge < -0.3 is 14.8 Å². The number of benzene rings is 1. The molecule has 0 aliphatic carbocycles. The van der Waals surface area contributed by atoms with Crippen LogP contribution in [0.3, 0.4) is 0 Å². The molecule has 2 heterocycles. The Hall–Kier alpha value is -1.88. The molecular weight excluding hydrogens is 238 g/mol. The number of carbonyl (C=O) groups is 1. The lowest BCUT2D eigenvalue weighted by atomic mass is 10.2. The molecule has 0 saturated carbocycles. The number of fused-ring (bicyclic) bond motifs is 1. The van der Waals surface area contributed by atoms with E-state index in [1.165, 1.54) is 24.3 Å². The third-order valence-corrected chi connectivity index (χ3v) is 3.27. The molecule has 0 atom stereocenters. The van der Waals surface area contributed by atoms with Gasteiger partial charge in [0.05, 0.1) is 10.8 Å². The molecule has 3 rings (SSSR count). The van der Waals surface area contributed by atoms with Crippen LogP contribution in [-0.4, -0.2) is 11.7 Å². The number of amides is 1. The quantitative estimate of drug-likeness (QED) is 0.825. The van der Waals surface area contributed by atoms with Crippen LogP contribution in [-0.2, 0) is 4.79 Å². The summed E-state index contributed by atoms with van der Waals surface area (Å²) in [6, 6.07) is 5.63. The van der Waals surface area contributed by atoms with Crippen LogP contribution in [0, 0.1) is 0 Å². The van der Waals surface area contributed by atoms with Gasteiger partial charge in [-0.05, 0) is 23.8 Å². The van der Waals surface area contributed by atoms with E-state index in [1.807, 2.05) is 24.3 Å². The first-order valence-corrected chi connectivity index (χ1v) is 6.06. The van der Waals surface area contributed by atoms with Gasteiger partial charge in [0, 0.05) is 0 Å². The molecule has 2 aliphatic rings. The lowest BCUT2D eigenvalue weighted by molar-refractivity contribution is -0.117. The van der Waals surface area contributed by atoms with E-state index < -0.39 is 0 Å². The monoisotopic (exact) mass is 247 g/mol. The third kappa shape index (κ3) is 2.14. The minimum absolute atomic E-state index is 0.0433. The Morgan fingerprint density at radius 3 is 2.82 bits per heavy atom. The summed E-state index contributed by atoms with van der Waals surface area (Å²) in [4.78, 5) is 11.0. The van der Waals surface area contributed by atoms with Gasteiger partial charge in [-0.1, -0.05) is 17.8 Å². The van der Waals surface area contributed by atoms with Gasteiger partial charge in [0.15, 0.2) is 11.5 Å². The topological polar surface area (TPSA) is 47.6 Å². The van der Waals surface area contributed by atoms with Crippen LogP contribution in [0.4, 0.5) is 0 Å². The van der Waals surface area contributed by atoms with Crippen molar-refractivity contribution in [1.29, 1.82) is 0 Å². The minimum atomic E-state index is 0.0433. The van der Waals surface area contributed by atoms with E-state index >= 15 is 0 Å². The maximum Gasteiger partial charge on any atom is 0.235 e. The maximum atomic E-state index is 11.0. The first kappa shape index (κ1) is 10.3. The number of hydrogen-bond donors (Lipinski definition) is 1. The molecule has 86 valence electrons. The van der Waals surface area contributed by atoms with Crippen molar-refractivity contribution in [2.45, 2.75) is 0 Å². The zero-order chi connectivity index (χ0) is 11.7. The smallest absolute Gasteiger partial charge is 0.235 e. The van der Waals surface area contributed by atoms with Crippen LogP contribution < -0.4 is 14.8 Å². The number of rotatable bonds is 1. The Bertz CT molecular complexity index is 537. The predicted octanol–water partition coefficient (Wildman–Crippen LogP) is 2.09. The molecule has 4 nitrogen and oxygen atoms in total. The summed E-state index contributed by atoms with van der Waals surface area (Å²) < 4.78 is 10.6. The molecule has 1 saturated heterocycles. The number of carbonyl (C=O) groups excluding carboxylic acids is 1. The molecule has 1 aromatic rings. The predicted molar refractivity (Wildman–Crippen MR) is 65.4 cm³/mol. The summed E-state index contributed by atoms with van der Waals surface area (Å²) in [6.45, 7) is 0. The molecule has 0 unspecified atom stereocenters. The maximum absolute atomic E-state index is 11.0. The first-order chi connectivity index (χ1) is 8.31. The molecule has 0 bridgehead atoms. The zero-order valence-corrected chi connectivity index (χ0v) is 9.62. The second-order valence-electron chi connectivity index (χ2n) is 3.56. The summed E-state index contributed by atoms with van der Waals surface area (Å²) >= 11 is 1.50. The standard InChI is InChI=1S/C12H9NO3S/c14-11-7-17-12(13-11)6-8-1-2-9-10(5-8)16-4-3-15-9/h1-6H,7H2,(H,13,14). The van der Waals surface area contributed by atoms with Gasteiger partial charge >= 0.3 is 0 Å². The fourth-order valence-corrected chi connectivity index (χ4v) is 2.35. The molecule has 5 heteroatoms. The highest BCUT2D eigenvalue weighted by Crippen LogP contribution is 2.32. The molecular formula is C12H9NO3S. The summed E-state index contributed by atoms with van der Waals surface area (Å²) in [7, 11) is 0. The van der Waals surface area contributed by atoms with Gasteiger partial charge in [-0.15, -0.1) is 0 Å². The van der Waals surface area contributed by atoms with E-state index in [-0.39, 0.29) is 5.91 Å². The van der Waals surface area contributed by atoms with Gasteiger partial charge in [-0.25, -0.2) is 0 Å². The number of thioether (sulfide) groups is 1. The summed E-state index contributed by atoms with van der Waals surface area (Å²) in [5.74, 6) is 1.90. The van der Waals surface area contributed by atoms with E-state index in [0.717, 1.165) is 10.6 Å². The van der Waals surface area contributed by atoms with Crippen LogP contribution in [0.1, 0.15) is 5.56 Å². The molecule has 0 spiro atoms. The van der Waals surface area contributed by atoms with E-state index in [1.54, 1.807) is 0 Å². The van der Waals surface area contributed by atoms with E-state index in [9.17, 15) is 4.79 Å². The Morgan fingerprint density at radius 1 is 1.24 bits per heavy atom. The molecule has 1 fully saturated rings. The Kier molecular flexibility index (Phi) is 2.53. The van der Waals surface area contributed by atoms with Crippen molar-refractivity contribution in [3.8, 4) is 11.5 Å². The second kappa shape index (κ2) is 4.18. The van der Waals surface area contributed by atoms with Crippen LogP contribution in [0.5, 0.6) is 11.5 Å². The molecule has 0 aromatic heterocycles. The third-order valence-electron chi connectivity index (χ3n) is 2.33. The van der Waals surface area contributed by atoms with Gasteiger partial charge in [0.1, 0.15) is 12.5 Å². The van der Waals surface area contributed by atoms with Crippen molar-refractivity contribution >= 4 is 23.7 Å². The second-order valence-corrected chi connectivity index (χ2v) is 4.58. The summed E-state index contributed by atoms with van der Waals surface area (Å²) in [5.41, 5.74) is 0.965. The molecule has 2 aliphatic heterocycles. The van der Waals surface area contributed by atoms with Crippen LogP contribution in [0.2, 0.25) is 0 Å². The van der Waals surface area contributed by atoms with Gasteiger partial charge in [-0.3, -0.25) is 4.79 Å². The van der Waals surface area contributed by atoms with Crippen LogP contribution in [0.25, 0.3) is 6.08 Å². The summed E-state index contributed by atoms with van der Waals surface area (Å²) in [6.07, 6.45) is 4.90. The van der Waals surface area contributed by atoms with Crippen molar-refractivity contribution in [1.82, 2.24) is 5.32 Å². The normalized spacial score (nSPS) is 19.5. The fraction of sp³-hybridized carbons (Fsp3) is 0.0833. The highest BCUT2D eigenvalue weighted by molar-refractivity contribution is 8.04. The average Bonchev–Trinajstić information content (AvgIpc) is 2.75. The van der Waals surface area contributed by atoms with Crippen LogP contribution >= 0.6 is 11.8 Å². The Balaban J connectivity index is 1.87. The Morgan fingerprint density at radius 2 is 2.06 bits per heavy atom. The molecule has 1 aromatic carbocycles. The number of nitrogens with one attached hydrogen (secondary N) is 1. The van der Waals surface area contributed by atoms with Crippen molar-refractivity contribution in [2.24, 2.45) is 0 Å². The van der Waals surface area contributed by atoms with E-state index in [0.29, 0.717) is 17.3 Å². The SMILES string of the molecule is O=C1CSC(=Cc2ccc3c(c2)OC=CO3)N1. The first-order valence-electron chi connectivity index (χ1n) is 5.08. The van der Waals surface area contributed by atoms with Crippen molar-refractivity contribution in [3.63, 3.8) is 0 Å². The van der Waals surface area contributed by atoms with E-state index in [2.05, 4.69) is 5.32 Å². The molecule has 17 heavy (non-hydrogen) atoms. The molecule has 1 amide bonds. The number of hydrogen-bond acceptors (Lipinski definition) is 4. The van der Waals surface area contributed by atoms with Crippen molar-refractivity contribution in [2.75, 3.05) is 5.75 Å². The van der Waals surface area contributed by atoms with Crippen molar-refractivity contribution < 1.29 is 14.3 Å². The average molecular weight is 247 g/mol. The lowest BCUT2D eigenvalue weighted by Gasteiger charge is -2.12. The highest BCUT2D eigenvalue weighted by atomic mass is 32.2. The van der Waals surface area contributed by atoms with Crippen LogP contribution in [0.15, 0.2) is 35.8 Å².